The predicted octanol–water partition coefficient (Wildman–Crippen LogP) is 3.08. The molecule has 0 saturated carbocycles. The van der Waals surface area contributed by atoms with Crippen LogP contribution >= 0.6 is 0 Å². The number of aliphatic carboxylic acids is 1. The summed E-state index contributed by atoms with van der Waals surface area (Å²) in [5, 5.41) is 12.3. The van der Waals surface area contributed by atoms with Gasteiger partial charge in [0, 0.05) is 26.1 Å². The van der Waals surface area contributed by atoms with Crippen molar-refractivity contribution in [2.24, 2.45) is 11.8 Å². The molecule has 7 heteroatoms. The van der Waals surface area contributed by atoms with E-state index in [0.717, 1.165) is 18.4 Å². The van der Waals surface area contributed by atoms with Crippen molar-refractivity contribution in [3.8, 4) is 0 Å². The Labute approximate surface area is 172 Å². The molecule has 160 valence electrons. The first-order valence-electron chi connectivity index (χ1n) is 10.2. The largest absolute Gasteiger partial charge is 0.481 e. The fraction of sp³-hybridized carbons (Fsp3) is 0.591. The Hall–Kier alpha value is -2.57. The van der Waals surface area contributed by atoms with Gasteiger partial charge in [-0.15, -0.1) is 0 Å². The number of benzene rings is 1. The molecule has 1 aliphatic heterocycles. The van der Waals surface area contributed by atoms with Crippen LogP contribution in [0.4, 0.5) is 4.79 Å². The second kappa shape index (κ2) is 10.3. The summed E-state index contributed by atoms with van der Waals surface area (Å²) in [5.41, 5.74) is 0.389. The quantitative estimate of drug-likeness (QED) is 0.728. The molecule has 1 aromatic carbocycles. The van der Waals surface area contributed by atoms with E-state index in [1.165, 1.54) is 0 Å². The fourth-order valence-electron chi connectivity index (χ4n) is 3.41. The summed E-state index contributed by atoms with van der Waals surface area (Å²) in [6.45, 7) is 7.13. The first-order chi connectivity index (χ1) is 13.6. The van der Waals surface area contributed by atoms with Crippen LogP contribution in [0.2, 0.25) is 0 Å². The minimum Gasteiger partial charge on any atom is -0.481 e. The van der Waals surface area contributed by atoms with E-state index in [0.29, 0.717) is 26.1 Å². The summed E-state index contributed by atoms with van der Waals surface area (Å²) in [5.74, 6) is -1.51. The highest BCUT2D eigenvalue weighted by Gasteiger charge is 2.28. The van der Waals surface area contributed by atoms with Crippen LogP contribution in [0.3, 0.4) is 0 Å². The Bertz CT molecular complexity index is 691. The van der Waals surface area contributed by atoms with Gasteiger partial charge in [-0.05, 0) is 51.5 Å². The Morgan fingerprint density at radius 1 is 1.17 bits per heavy atom. The normalized spacial score (nSPS) is 16.2. The molecule has 1 heterocycles. The van der Waals surface area contributed by atoms with Gasteiger partial charge in [0.2, 0.25) is 5.91 Å². The Balaban J connectivity index is 1.77. The van der Waals surface area contributed by atoms with Crippen LogP contribution in [-0.4, -0.2) is 53.2 Å². The molecule has 0 bridgehead atoms. The number of likely N-dealkylation sites (tertiary alicyclic amines) is 1. The second-order valence-electron chi connectivity index (χ2n) is 8.64. The van der Waals surface area contributed by atoms with Crippen molar-refractivity contribution in [3.05, 3.63) is 35.9 Å². The Kier molecular flexibility index (Phi) is 8.05. The topological polar surface area (TPSA) is 95.9 Å². The lowest BCUT2D eigenvalue weighted by molar-refractivity contribution is -0.146. The summed E-state index contributed by atoms with van der Waals surface area (Å²) in [6, 6.07) is 9.37. The molecule has 0 spiro atoms. The standard InChI is InChI=1S/C22H32N2O5/c1-22(2,3)29-21(28)23-15-17-9-11-24(12-10-17)19(25)14-18(20(26)27)13-16-7-5-4-6-8-16/h4-8,17-18H,9-15H2,1-3H3,(H,23,28)(H,26,27)/t18-/m1/s1. The van der Waals surface area contributed by atoms with Gasteiger partial charge in [-0.3, -0.25) is 9.59 Å². The Morgan fingerprint density at radius 2 is 1.79 bits per heavy atom. The number of carbonyl (C=O) groups excluding carboxylic acids is 2. The maximum absolute atomic E-state index is 12.6. The summed E-state index contributed by atoms with van der Waals surface area (Å²) in [6.07, 6.45) is 1.47. The smallest absolute Gasteiger partial charge is 0.407 e. The molecule has 1 saturated heterocycles. The molecule has 0 aromatic heterocycles. The third-order valence-electron chi connectivity index (χ3n) is 5.00. The van der Waals surface area contributed by atoms with E-state index < -0.39 is 23.6 Å². The minimum atomic E-state index is -0.946. The van der Waals surface area contributed by atoms with Crippen molar-refractivity contribution in [1.82, 2.24) is 10.2 Å². The number of nitrogens with one attached hydrogen (secondary N) is 1. The van der Waals surface area contributed by atoms with Crippen molar-refractivity contribution in [2.45, 2.75) is 52.1 Å². The molecule has 1 aromatic rings. The third-order valence-corrected chi connectivity index (χ3v) is 5.00. The monoisotopic (exact) mass is 404 g/mol. The highest BCUT2D eigenvalue weighted by Crippen LogP contribution is 2.20. The SMILES string of the molecule is CC(C)(C)OC(=O)NCC1CCN(C(=O)C[C@@H](Cc2ccccc2)C(=O)O)CC1. The fourth-order valence-corrected chi connectivity index (χ4v) is 3.41. The minimum absolute atomic E-state index is 0.00501. The number of carbonyl (C=O) groups is 3. The molecule has 0 aliphatic carbocycles. The van der Waals surface area contributed by atoms with Crippen LogP contribution in [0, 0.1) is 11.8 Å². The number of rotatable bonds is 7. The predicted molar refractivity (Wildman–Crippen MR) is 109 cm³/mol. The summed E-state index contributed by atoms with van der Waals surface area (Å²) in [7, 11) is 0. The summed E-state index contributed by atoms with van der Waals surface area (Å²) in [4.78, 5) is 37.7. The van der Waals surface area contributed by atoms with E-state index in [4.69, 9.17) is 4.74 Å². The van der Waals surface area contributed by atoms with E-state index in [1.807, 2.05) is 51.1 Å². The van der Waals surface area contributed by atoms with Crippen LogP contribution in [0.1, 0.15) is 45.6 Å². The van der Waals surface area contributed by atoms with Gasteiger partial charge in [0.15, 0.2) is 0 Å². The number of piperidine rings is 1. The number of carboxylic acids is 1. The number of hydrogen-bond donors (Lipinski definition) is 2. The molecule has 29 heavy (non-hydrogen) atoms. The van der Waals surface area contributed by atoms with Crippen molar-refractivity contribution in [1.29, 1.82) is 0 Å². The van der Waals surface area contributed by atoms with Gasteiger partial charge in [0.05, 0.1) is 5.92 Å². The average molecular weight is 405 g/mol. The lowest BCUT2D eigenvalue weighted by atomic mass is 9.93. The molecule has 1 fully saturated rings. The van der Waals surface area contributed by atoms with Crippen molar-refractivity contribution in [2.75, 3.05) is 19.6 Å². The van der Waals surface area contributed by atoms with Gasteiger partial charge in [0.1, 0.15) is 5.60 Å². The van der Waals surface area contributed by atoms with E-state index in [2.05, 4.69) is 5.32 Å². The maximum atomic E-state index is 12.6. The van der Waals surface area contributed by atoms with E-state index in [9.17, 15) is 19.5 Å². The lowest BCUT2D eigenvalue weighted by Gasteiger charge is -2.33. The molecule has 0 unspecified atom stereocenters. The number of nitrogens with zero attached hydrogens (tertiary/aromatic N) is 1. The summed E-state index contributed by atoms with van der Waals surface area (Å²) >= 11 is 0. The zero-order valence-electron chi connectivity index (χ0n) is 17.5. The molecule has 2 rings (SSSR count). The highest BCUT2D eigenvalue weighted by molar-refractivity contribution is 5.82. The van der Waals surface area contributed by atoms with Crippen LogP contribution in [0.25, 0.3) is 0 Å². The molecule has 2 N–H and O–H groups in total. The van der Waals surface area contributed by atoms with Gasteiger partial charge in [-0.2, -0.15) is 0 Å². The van der Waals surface area contributed by atoms with Crippen molar-refractivity contribution < 1.29 is 24.2 Å². The van der Waals surface area contributed by atoms with Gasteiger partial charge in [-0.1, -0.05) is 30.3 Å². The number of carboxylic acid groups (broad SMARTS) is 1. The van der Waals surface area contributed by atoms with Crippen LogP contribution in [0.15, 0.2) is 30.3 Å². The summed E-state index contributed by atoms with van der Waals surface area (Å²) < 4.78 is 5.23. The number of amides is 2. The van der Waals surface area contributed by atoms with Crippen molar-refractivity contribution >= 4 is 18.0 Å². The van der Waals surface area contributed by atoms with Gasteiger partial charge < -0.3 is 20.1 Å². The third kappa shape index (κ3) is 8.13. The molecule has 1 atom stereocenters. The number of hydrogen-bond acceptors (Lipinski definition) is 4. The molecule has 1 aliphatic rings. The van der Waals surface area contributed by atoms with Gasteiger partial charge in [0.25, 0.3) is 0 Å². The van der Waals surface area contributed by atoms with Gasteiger partial charge in [-0.25, -0.2) is 4.79 Å². The molecular weight excluding hydrogens is 372 g/mol. The van der Waals surface area contributed by atoms with Crippen LogP contribution in [-0.2, 0) is 20.7 Å². The molecule has 2 amide bonds. The first kappa shape index (κ1) is 22.7. The zero-order valence-corrected chi connectivity index (χ0v) is 17.5. The maximum Gasteiger partial charge on any atom is 0.407 e. The number of ether oxygens (including phenoxy) is 1. The first-order valence-corrected chi connectivity index (χ1v) is 10.2. The second-order valence-corrected chi connectivity index (χ2v) is 8.64. The zero-order chi connectivity index (χ0) is 21.4. The van der Waals surface area contributed by atoms with Gasteiger partial charge >= 0.3 is 12.1 Å². The molecular formula is C22H32N2O5. The average Bonchev–Trinajstić information content (AvgIpc) is 2.65. The van der Waals surface area contributed by atoms with E-state index >= 15 is 0 Å². The van der Waals surface area contributed by atoms with E-state index in [1.54, 1.807) is 4.90 Å². The highest BCUT2D eigenvalue weighted by atomic mass is 16.6. The number of alkyl carbamates (subject to hydrolysis) is 1. The molecule has 7 nitrogen and oxygen atoms in total. The van der Waals surface area contributed by atoms with Crippen LogP contribution in [0.5, 0.6) is 0 Å². The Morgan fingerprint density at radius 3 is 2.34 bits per heavy atom. The molecule has 0 radical (unpaired) electrons. The van der Waals surface area contributed by atoms with Crippen molar-refractivity contribution in [3.63, 3.8) is 0 Å². The van der Waals surface area contributed by atoms with E-state index in [-0.39, 0.29) is 18.2 Å². The lowest BCUT2D eigenvalue weighted by Crippen LogP contribution is -2.43. The van der Waals surface area contributed by atoms with Crippen LogP contribution < -0.4 is 5.32 Å².